The Morgan fingerprint density at radius 2 is 2.23 bits per heavy atom. The summed E-state index contributed by atoms with van der Waals surface area (Å²) >= 11 is 1.92. The molecule has 3 heteroatoms. The number of nitrogens with two attached hydrogens (primary N) is 1. The van der Waals surface area contributed by atoms with Crippen molar-refractivity contribution in [2.75, 3.05) is 31.6 Å². The van der Waals surface area contributed by atoms with Crippen molar-refractivity contribution in [3.8, 4) is 0 Å². The molecular weight excluding hydrogens is 180 g/mol. The SMILES string of the molecule is CSCCN1CCC(N)C(C)(C)C1. The van der Waals surface area contributed by atoms with Gasteiger partial charge in [0.05, 0.1) is 0 Å². The molecule has 0 spiro atoms. The summed E-state index contributed by atoms with van der Waals surface area (Å²) in [5.41, 5.74) is 6.37. The van der Waals surface area contributed by atoms with Crippen LogP contribution in [-0.2, 0) is 0 Å². The Labute approximate surface area is 86.2 Å². The van der Waals surface area contributed by atoms with E-state index in [-0.39, 0.29) is 0 Å². The molecule has 0 amide bonds. The summed E-state index contributed by atoms with van der Waals surface area (Å²) < 4.78 is 0. The van der Waals surface area contributed by atoms with Gasteiger partial charge in [0.15, 0.2) is 0 Å². The van der Waals surface area contributed by atoms with Crippen molar-refractivity contribution in [1.29, 1.82) is 0 Å². The lowest BCUT2D eigenvalue weighted by Crippen LogP contribution is -2.52. The molecule has 1 aliphatic rings. The first kappa shape index (κ1) is 11.3. The molecule has 1 rings (SSSR count). The monoisotopic (exact) mass is 202 g/mol. The van der Waals surface area contributed by atoms with Crippen LogP contribution >= 0.6 is 11.8 Å². The molecule has 78 valence electrons. The van der Waals surface area contributed by atoms with E-state index in [4.69, 9.17) is 5.73 Å². The highest BCUT2D eigenvalue weighted by Gasteiger charge is 2.32. The average molecular weight is 202 g/mol. The molecule has 0 aromatic carbocycles. The van der Waals surface area contributed by atoms with Gasteiger partial charge in [-0.05, 0) is 24.6 Å². The van der Waals surface area contributed by atoms with E-state index in [1.807, 2.05) is 11.8 Å². The van der Waals surface area contributed by atoms with Crippen molar-refractivity contribution in [3.63, 3.8) is 0 Å². The van der Waals surface area contributed by atoms with Gasteiger partial charge in [0.1, 0.15) is 0 Å². The number of piperidine rings is 1. The molecule has 0 aromatic heterocycles. The van der Waals surface area contributed by atoms with E-state index in [1.165, 1.54) is 18.8 Å². The highest BCUT2D eigenvalue weighted by Crippen LogP contribution is 2.27. The van der Waals surface area contributed by atoms with E-state index in [9.17, 15) is 0 Å². The van der Waals surface area contributed by atoms with Gasteiger partial charge in [-0.3, -0.25) is 0 Å². The topological polar surface area (TPSA) is 29.3 Å². The van der Waals surface area contributed by atoms with Crippen LogP contribution in [0.1, 0.15) is 20.3 Å². The second-order valence-corrected chi connectivity index (χ2v) is 5.64. The zero-order valence-electron chi connectivity index (χ0n) is 9.05. The van der Waals surface area contributed by atoms with Crippen molar-refractivity contribution < 1.29 is 0 Å². The lowest BCUT2D eigenvalue weighted by Gasteiger charge is -2.42. The fourth-order valence-electron chi connectivity index (χ4n) is 1.90. The van der Waals surface area contributed by atoms with Gasteiger partial charge in [-0.2, -0.15) is 11.8 Å². The highest BCUT2D eigenvalue weighted by molar-refractivity contribution is 7.98. The smallest absolute Gasteiger partial charge is 0.0115 e. The number of hydrogen-bond donors (Lipinski definition) is 1. The molecule has 13 heavy (non-hydrogen) atoms. The van der Waals surface area contributed by atoms with Gasteiger partial charge in [0, 0.05) is 24.9 Å². The normalized spacial score (nSPS) is 29.1. The van der Waals surface area contributed by atoms with Gasteiger partial charge in [0.2, 0.25) is 0 Å². The largest absolute Gasteiger partial charge is 0.327 e. The van der Waals surface area contributed by atoms with Crippen molar-refractivity contribution in [1.82, 2.24) is 4.90 Å². The van der Waals surface area contributed by atoms with Gasteiger partial charge in [-0.25, -0.2) is 0 Å². The fraction of sp³-hybridized carbons (Fsp3) is 1.00. The second-order valence-electron chi connectivity index (χ2n) is 4.65. The standard InChI is InChI=1S/C10H22N2S/c1-10(2)8-12(6-7-13-3)5-4-9(10)11/h9H,4-8,11H2,1-3H3. The van der Waals surface area contributed by atoms with Gasteiger partial charge in [-0.15, -0.1) is 0 Å². The van der Waals surface area contributed by atoms with Crippen LogP contribution in [-0.4, -0.2) is 42.6 Å². The van der Waals surface area contributed by atoms with Crippen LogP contribution in [0.15, 0.2) is 0 Å². The molecule has 0 aliphatic carbocycles. The third-order valence-electron chi connectivity index (χ3n) is 3.00. The van der Waals surface area contributed by atoms with Crippen molar-refractivity contribution in [2.45, 2.75) is 26.3 Å². The first-order valence-electron chi connectivity index (χ1n) is 5.03. The Balaban J connectivity index is 2.37. The summed E-state index contributed by atoms with van der Waals surface area (Å²) in [5.74, 6) is 1.24. The molecule has 0 bridgehead atoms. The molecule has 0 saturated carbocycles. The Bertz CT molecular complexity index is 157. The molecule has 1 fully saturated rings. The average Bonchev–Trinajstić information content (AvgIpc) is 2.07. The van der Waals surface area contributed by atoms with Gasteiger partial charge in [0.25, 0.3) is 0 Å². The van der Waals surface area contributed by atoms with E-state index in [2.05, 4.69) is 25.0 Å². The van der Waals surface area contributed by atoms with Crippen LogP contribution in [0.2, 0.25) is 0 Å². The summed E-state index contributed by atoms with van der Waals surface area (Å²) in [5, 5.41) is 0. The van der Waals surface area contributed by atoms with Crippen LogP contribution in [0.5, 0.6) is 0 Å². The van der Waals surface area contributed by atoms with Crippen LogP contribution < -0.4 is 5.73 Å². The van der Waals surface area contributed by atoms with E-state index < -0.39 is 0 Å². The summed E-state index contributed by atoms with van der Waals surface area (Å²) in [6.45, 7) is 8.13. The first-order chi connectivity index (χ1) is 6.06. The van der Waals surface area contributed by atoms with E-state index in [0.29, 0.717) is 11.5 Å². The highest BCUT2D eigenvalue weighted by atomic mass is 32.2. The predicted molar refractivity (Wildman–Crippen MR) is 61.2 cm³/mol. The Morgan fingerprint density at radius 3 is 2.77 bits per heavy atom. The molecule has 1 heterocycles. The Hall–Kier alpha value is 0.270. The van der Waals surface area contributed by atoms with Crippen LogP contribution in [0.3, 0.4) is 0 Å². The number of thioether (sulfide) groups is 1. The van der Waals surface area contributed by atoms with Crippen molar-refractivity contribution in [2.24, 2.45) is 11.1 Å². The summed E-state index contributed by atoms with van der Waals surface area (Å²) in [7, 11) is 0. The summed E-state index contributed by atoms with van der Waals surface area (Å²) in [6, 6.07) is 0.387. The van der Waals surface area contributed by atoms with Crippen LogP contribution in [0.4, 0.5) is 0 Å². The summed E-state index contributed by atoms with van der Waals surface area (Å²) in [6.07, 6.45) is 3.32. The molecule has 0 aromatic rings. The molecule has 2 nitrogen and oxygen atoms in total. The van der Waals surface area contributed by atoms with E-state index >= 15 is 0 Å². The quantitative estimate of drug-likeness (QED) is 0.750. The molecule has 1 unspecified atom stereocenters. The number of hydrogen-bond acceptors (Lipinski definition) is 3. The number of rotatable bonds is 3. The Morgan fingerprint density at radius 1 is 1.54 bits per heavy atom. The molecular formula is C10H22N2S. The molecule has 2 N–H and O–H groups in total. The van der Waals surface area contributed by atoms with Gasteiger partial charge >= 0.3 is 0 Å². The maximum absolute atomic E-state index is 6.07. The molecule has 0 radical (unpaired) electrons. The minimum absolute atomic E-state index is 0.302. The van der Waals surface area contributed by atoms with Crippen LogP contribution in [0.25, 0.3) is 0 Å². The lowest BCUT2D eigenvalue weighted by molar-refractivity contribution is 0.101. The van der Waals surface area contributed by atoms with E-state index in [1.54, 1.807) is 0 Å². The summed E-state index contributed by atoms with van der Waals surface area (Å²) in [4.78, 5) is 2.54. The van der Waals surface area contributed by atoms with Gasteiger partial charge in [-0.1, -0.05) is 13.8 Å². The molecule has 1 aliphatic heterocycles. The molecule has 1 saturated heterocycles. The maximum Gasteiger partial charge on any atom is 0.0115 e. The zero-order chi connectivity index (χ0) is 9.90. The van der Waals surface area contributed by atoms with Crippen LogP contribution in [0, 0.1) is 5.41 Å². The third kappa shape index (κ3) is 3.15. The third-order valence-corrected chi connectivity index (χ3v) is 3.59. The number of nitrogens with zero attached hydrogens (tertiary/aromatic N) is 1. The number of likely N-dealkylation sites (tertiary alicyclic amines) is 1. The fourth-order valence-corrected chi connectivity index (χ4v) is 2.34. The zero-order valence-corrected chi connectivity index (χ0v) is 9.86. The van der Waals surface area contributed by atoms with Gasteiger partial charge < -0.3 is 10.6 Å². The first-order valence-corrected chi connectivity index (χ1v) is 6.42. The second kappa shape index (κ2) is 4.67. The molecule has 1 atom stereocenters. The lowest BCUT2D eigenvalue weighted by atomic mass is 9.80. The van der Waals surface area contributed by atoms with Crippen molar-refractivity contribution in [3.05, 3.63) is 0 Å². The predicted octanol–water partition coefficient (Wildman–Crippen LogP) is 1.41. The van der Waals surface area contributed by atoms with E-state index in [0.717, 1.165) is 13.0 Å². The Kier molecular flexibility index (Phi) is 4.07. The minimum Gasteiger partial charge on any atom is -0.327 e. The maximum atomic E-state index is 6.07. The minimum atomic E-state index is 0.302. The van der Waals surface area contributed by atoms with Crippen molar-refractivity contribution >= 4 is 11.8 Å².